The van der Waals surface area contributed by atoms with Crippen LogP contribution in [-0.2, 0) is 0 Å². The Bertz CT molecular complexity index is 2840. The van der Waals surface area contributed by atoms with E-state index in [1.54, 1.807) is 0 Å². The molecule has 0 bridgehead atoms. The van der Waals surface area contributed by atoms with Crippen molar-refractivity contribution in [2.45, 2.75) is 0 Å². The molecule has 0 N–H and O–H groups in total. The van der Waals surface area contributed by atoms with Crippen LogP contribution in [0.2, 0.25) is 0 Å². The lowest BCUT2D eigenvalue weighted by Gasteiger charge is -2.17. The van der Waals surface area contributed by atoms with Crippen molar-refractivity contribution in [2.75, 3.05) is 0 Å². The Morgan fingerprint density at radius 3 is 2.04 bits per heavy atom. The Labute approximate surface area is 283 Å². The van der Waals surface area contributed by atoms with Crippen LogP contribution in [0.15, 0.2) is 151 Å². The molecule has 0 unspecified atom stereocenters. The van der Waals surface area contributed by atoms with Gasteiger partial charge in [-0.3, -0.25) is 0 Å². The molecule has 0 spiro atoms. The third-order valence-electron chi connectivity index (χ3n) is 9.43. The van der Waals surface area contributed by atoms with Gasteiger partial charge < -0.3 is 9.13 Å². The summed E-state index contributed by atoms with van der Waals surface area (Å²) in [5.74, 6) is 0. The first-order chi connectivity index (χ1) is 24.2. The van der Waals surface area contributed by atoms with E-state index in [0.717, 1.165) is 66.6 Å². The van der Waals surface area contributed by atoms with Crippen LogP contribution in [0, 0.1) is 22.7 Å². The predicted octanol–water partition coefficient (Wildman–Crippen LogP) is 11.0. The minimum absolute atomic E-state index is 0.539. The second-order valence-electron chi connectivity index (χ2n) is 12.1. The number of hydrogen-bond donors (Lipinski definition) is 0. The van der Waals surface area contributed by atoms with Gasteiger partial charge in [0, 0.05) is 39.0 Å². The molecular formula is C45H26N4. The van der Waals surface area contributed by atoms with Crippen LogP contribution in [-0.4, -0.2) is 9.13 Å². The third-order valence-corrected chi connectivity index (χ3v) is 9.43. The highest BCUT2D eigenvalue weighted by atomic mass is 15.0. The molecule has 226 valence electrons. The van der Waals surface area contributed by atoms with E-state index in [1.807, 2.05) is 54.6 Å². The zero-order valence-corrected chi connectivity index (χ0v) is 26.3. The smallest absolute Gasteiger partial charge is 0.101 e. The first-order valence-electron chi connectivity index (χ1n) is 16.1. The Kier molecular flexibility index (Phi) is 6.49. The van der Waals surface area contributed by atoms with Gasteiger partial charge in [-0.1, -0.05) is 103 Å². The lowest BCUT2D eigenvalue weighted by atomic mass is 9.96. The van der Waals surface area contributed by atoms with Crippen molar-refractivity contribution >= 4 is 44.9 Å². The summed E-state index contributed by atoms with van der Waals surface area (Å²) >= 11 is 0. The molecule has 8 aromatic rings. The lowest BCUT2D eigenvalue weighted by Crippen LogP contribution is -2.02. The van der Waals surface area contributed by atoms with Crippen LogP contribution in [0.25, 0.3) is 78.5 Å². The van der Waals surface area contributed by atoms with Crippen LogP contribution in [0.5, 0.6) is 0 Å². The van der Waals surface area contributed by atoms with E-state index >= 15 is 0 Å². The summed E-state index contributed by atoms with van der Waals surface area (Å²) in [6.45, 7) is 0. The maximum absolute atomic E-state index is 10.4. The Morgan fingerprint density at radius 1 is 0.551 bits per heavy atom. The highest BCUT2D eigenvalue weighted by Crippen LogP contribution is 2.40. The zero-order valence-electron chi connectivity index (χ0n) is 26.3. The average Bonchev–Trinajstić information content (AvgIpc) is 3.55. The van der Waals surface area contributed by atoms with E-state index in [4.69, 9.17) is 0 Å². The van der Waals surface area contributed by atoms with Crippen LogP contribution < -0.4 is 0 Å². The van der Waals surface area contributed by atoms with E-state index in [-0.39, 0.29) is 0 Å². The summed E-state index contributed by atoms with van der Waals surface area (Å²) in [5, 5.41) is 23.9. The number of hydrogen-bond acceptors (Lipinski definition) is 2. The first-order valence-corrected chi connectivity index (χ1v) is 16.1. The minimum atomic E-state index is 0.539. The number of nitriles is 2. The molecular weight excluding hydrogens is 597 g/mol. The van der Waals surface area contributed by atoms with Crippen molar-refractivity contribution in [3.8, 4) is 45.8 Å². The number of para-hydroxylation sites is 4. The van der Waals surface area contributed by atoms with Gasteiger partial charge in [-0.15, -0.1) is 5.73 Å². The number of fused-ring (bicyclic) bond motifs is 6. The average molecular weight is 623 g/mol. The van der Waals surface area contributed by atoms with Gasteiger partial charge in [0.2, 0.25) is 0 Å². The number of allylic oxidation sites excluding steroid dienone is 2. The predicted molar refractivity (Wildman–Crippen MR) is 199 cm³/mol. The van der Waals surface area contributed by atoms with Gasteiger partial charge in [0.05, 0.1) is 39.1 Å². The van der Waals surface area contributed by atoms with E-state index in [9.17, 15) is 10.5 Å². The molecule has 0 atom stereocenters. The highest BCUT2D eigenvalue weighted by molar-refractivity contribution is 6.11. The molecule has 0 aliphatic heterocycles. The molecule has 2 heterocycles. The summed E-state index contributed by atoms with van der Waals surface area (Å²) in [4.78, 5) is 0. The summed E-state index contributed by atoms with van der Waals surface area (Å²) in [7, 11) is 0. The summed E-state index contributed by atoms with van der Waals surface area (Å²) in [5.41, 5.74) is 15.4. The van der Waals surface area contributed by atoms with Crippen LogP contribution in [0.1, 0.15) is 22.4 Å². The molecule has 2 aromatic heterocycles. The summed E-state index contributed by atoms with van der Waals surface area (Å²) < 4.78 is 4.40. The number of nitrogens with zero attached hydrogens (tertiary/aromatic N) is 4. The molecule has 1 aliphatic rings. The zero-order chi connectivity index (χ0) is 32.9. The third kappa shape index (κ3) is 4.38. The molecule has 6 aromatic carbocycles. The number of rotatable bonds is 4. The normalized spacial score (nSPS) is 11.9. The standard InChI is InChI=1S/C45H26N4/c46-28-33-15-10-21-36(44(33)49-43-25-7-5-20-39(43)40-22-11-16-34(29-47)45(40)49)32-14-8-12-30(26-32)31-13-9-17-35(27-31)48-41-23-3-1-2-18-37(41)38-19-4-6-24-42(38)48/h1-2,4-27H. The van der Waals surface area contributed by atoms with Crippen LogP contribution in [0.4, 0.5) is 0 Å². The maximum Gasteiger partial charge on any atom is 0.101 e. The van der Waals surface area contributed by atoms with Gasteiger partial charge in [-0.25, -0.2) is 0 Å². The molecule has 4 nitrogen and oxygen atoms in total. The van der Waals surface area contributed by atoms with Gasteiger partial charge in [0.25, 0.3) is 0 Å². The Hall–Kier alpha value is -7.10. The van der Waals surface area contributed by atoms with Gasteiger partial charge in [0.1, 0.15) is 12.1 Å². The fraction of sp³-hybridized carbons (Fsp3) is 0. The van der Waals surface area contributed by atoms with Crippen LogP contribution >= 0.6 is 0 Å². The molecule has 0 radical (unpaired) electrons. The molecule has 9 rings (SSSR count). The van der Waals surface area contributed by atoms with Gasteiger partial charge >= 0.3 is 0 Å². The Balaban J connectivity index is 1.24. The maximum atomic E-state index is 10.4. The molecule has 1 aliphatic carbocycles. The van der Waals surface area contributed by atoms with Crippen molar-refractivity contribution < 1.29 is 0 Å². The van der Waals surface area contributed by atoms with E-state index < -0.39 is 0 Å². The van der Waals surface area contributed by atoms with E-state index in [2.05, 4.69) is 130 Å². The second-order valence-corrected chi connectivity index (χ2v) is 12.1. The van der Waals surface area contributed by atoms with Crippen LogP contribution in [0.3, 0.4) is 0 Å². The van der Waals surface area contributed by atoms with Crippen molar-refractivity contribution in [3.05, 3.63) is 174 Å². The molecule has 49 heavy (non-hydrogen) atoms. The van der Waals surface area contributed by atoms with E-state index in [0.29, 0.717) is 11.1 Å². The number of benzene rings is 6. The fourth-order valence-corrected chi connectivity index (χ4v) is 7.35. The lowest BCUT2D eigenvalue weighted by molar-refractivity contribution is 1.11. The summed E-state index contributed by atoms with van der Waals surface area (Å²) in [6.07, 6.45) is 8.19. The quantitative estimate of drug-likeness (QED) is 0.183. The molecule has 0 saturated heterocycles. The Morgan fingerprint density at radius 2 is 1.20 bits per heavy atom. The monoisotopic (exact) mass is 622 g/mol. The van der Waals surface area contributed by atoms with Gasteiger partial charge in [0.15, 0.2) is 0 Å². The second kappa shape index (κ2) is 11.3. The molecule has 4 heteroatoms. The SMILES string of the molecule is N#Cc1cccc(-c2cccc(-c3cccc(-n4c5c(c6ccccc64)C=CC=C=C5)c3)c2)c1-n1c2ccccc2c2cccc(C#N)c21. The topological polar surface area (TPSA) is 57.4 Å². The molecule has 0 amide bonds. The van der Waals surface area contributed by atoms with Crippen molar-refractivity contribution in [2.24, 2.45) is 0 Å². The first kappa shape index (κ1) is 28.1. The summed E-state index contributed by atoms with van der Waals surface area (Å²) in [6, 6.07) is 50.3. The van der Waals surface area contributed by atoms with E-state index in [1.165, 1.54) is 10.9 Å². The van der Waals surface area contributed by atoms with Gasteiger partial charge in [-0.2, -0.15) is 10.5 Å². The van der Waals surface area contributed by atoms with Crippen molar-refractivity contribution in [1.29, 1.82) is 10.5 Å². The van der Waals surface area contributed by atoms with Gasteiger partial charge in [-0.05, 0) is 65.2 Å². The van der Waals surface area contributed by atoms with Crippen molar-refractivity contribution in [1.82, 2.24) is 9.13 Å². The number of aromatic nitrogens is 2. The fourth-order valence-electron chi connectivity index (χ4n) is 7.35. The highest BCUT2D eigenvalue weighted by Gasteiger charge is 2.21. The largest absolute Gasteiger partial charge is 0.309 e. The molecule has 0 saturated carbocycles. The minimum Gasteiger partial charge on any atom is -0.309 e. The molecule has 0 fully saturated rings. The van der Waals surface area contributed by atoms with Crippen molar-refractivity contribution in [3.63, 3.8) is 0 Å².